The van der Waals surface area contributed by atoms with Crippen LogP contribution in [0.4, 0.5) is 5.82 Å². The van der Waals surface area contributed by atoms with Crippen LogP contribution in [0.25, 0.3) is 0 Å². The van der Waals surface area contributed by atoms with Gasteiger partial charge in [-0.3, -0.25) is 9.69 Å². The molecule has 126 valence electrons. The van der Waals surface area contributed by atoms with Crippen molar-refractivity contribution in [3.05, 3.63) is 24.4 Å². The van der Waals surface area contributed by atoms with E-state index >= 15 is 0 Å². The van der Waals surface area contributed by atoms with Gasteiger partial charge in [-0.1, -0.05) is 6.07 Å². The fraction of sp³-hybridized carbons (Fsp3) is 0.647. The molecule has 3 rings (SSSR count). The third-order valence-electron chi connectivity index (χ3n) is 4.96. The number of methoxy groups -OCH3 is 1. The van der Waals surface area contributed by atoms with Crippen LogP contribution in [0.1, 0.15) is 19.3 Å². The maximum Gasteiger partial charge on any atom is 0.237 e. The van der Waals surface area contributed by atoms with Gasteiger partial charge >= 0.3 is 0 Å². The van der Waals surface area contributed by atoms with E-state index in [2.05, 4.69) is 20.1 Å². The minimum Gasteiger partial charge on any atom is -0.380 e. The number of pyridine rings is 1. The van der Waals surface area contributed by atoms with E-state index in [1.165, 1.54) is 0 Å². The summed E-state index contributed by atoms with van der Waals surface area (Å²) >= 11 is 0. The van der Waals surface area contributed by atoms with Crippen molar-refractivity contribution in [2.45, 2.75) is 37.5 Å². The first-order valence-electron chi connectivity index (χ1n) is 8.36. The van der Waals surface area contributed by atoms with Gasteiger partial charge in [0.1, 0.15) is 5.82 Å². The van der Waals surface area contributed by atoms with Crippen LogP contribution in [-0.2, 0) is 9.53 Å². The number of nitrogens with zero attached hydrogens (tertiary/aromatic N) is 3. The van der Waals surface area contributed by atoms with Gasteiger partial charge in [-0.2, -0.15) is 0 Å². The summed E-state index contributed by atoms with van der Waals surface area (Å²) in [6.07, 6.45) is 4.71. The van der Waals surface area contributed by atoms with Gasteiger partial charge in [0.2, 0.25) is 5.91 Å². The number of aromatic nitrogens is 1. The summed E-state index contributed by atoms with van der Waals surface area (Å²) in [6.45, 7) is 2.69. The van der Waals surface area contributed by atoms with E-state index in [0.717, 1.165) is 44.7 Å². The lowest BCUT2D eigenvalue weighted by Gasteiger charge is -2.34. The molecule has 23 heavy (non-hydrogen) atoms. The Balaban J connectivity index is 1.48. The minimum atomic E-state index is -0.0613. The molecule has 0 unspecified atom stereocenters. The zero-order chi connectivity index (χ0) is 16.2. The van der Waals surface area contributed by atoms with Crippen LogP contribution in [0, 0.1) is 0 Å². The molecule has 2 aliphatic heterocycles. The molecule has 0 spiro atoms. The Bertz CT molecular complexity index is 517. The molecule has 2 aliphatic rings. The van der Waals surface area contributed by atoms with Crippen molar-refractivity contribution >= 4 is 11.7 Å². The van der Waals surface area contributed by atoms with E-state index < -0.39 is 0 Å². The first-order valence-corrected chi connectivity index (χ1v) is 8.36. The first kappa shape index (κ1) is 16.2. The molecule has 1 N–H and O–H groups in total. The van der Waals surface area contributed by atoms with E-state index in [9.17, 15) is 4.79 Å². The Morgan fingerprint density at radius 1 is 1.35 bits per heavy atom. The fourth-order valence-corrected chi connectivity index (χ4v) is 3.52. The maximum absolute atomic E-state index is 12.5. The lowest BCUT2D eigenvalue weighted by molar-refractivity contribution is -0.126. The molecule has 3 heterocycles. The number of nitrogens with one attached hydrogen (secondary N) is 1. The van der Waals surface area contributed by atoms with Crippen LogP contribution in [0.5, 0.6) is 0 Å². The largest absolute Gasteiger partial charge is 0.380 e. The van der Waals surface area contributed by atoms with E-state index in [4.69, 9.17) is 4.74 Å². The lowest BCUT2D eigenvalue weighted by atomic mass is 10.0. The van der Waals surface area contributed by atoms with E-state index in [-0.39, 0.29) is 24.1 Å². The van der Waals surface area contributed by atoms with Crippen LogP contribution >= 0.6 is 0 Å². The second kappa shape index (κ2) is 7.27. The van der Waals surface area contributed by atoms with Gasteiger partial charge in [0.15, 0.2) is 0 Å². The Morgan fingerprint density at radius 2 is 2.13 bits per heavy atom. The molecule has 2 fully saturated rings. The fourth-order valence-electron chi connectivity index (χ4n) is 3.52. The molecule has 0 bridgehead atoms. The van der Waals surface area contributed by atoms with Gasteiger partial charge in [-0.25, -0.2) is 4.98 Å². The van der Waals surface area contributed by atoms with Crippen LogP contribution in [0.3, 0.4) is 0 Å². The quantitative estimate of drug-likeness (QED) is 0.893. The van der Waals surface area contributed by atoms with Crippen molar-refractivity contribution < 1.29 is 9.53 Å². The molecule has 0 saturated carbocycles. The second-order valence-corrected chi connectivity index (χ2v) is 6.51. The molecule has 6 nitrogen and oxygen atoms in total. The number of rotatable bonds is 4. The molecule has 2 saturated heterocycles. The molecular weight excluding hydrogens is 292 g/mol. The summed E-state index contributed by atoms with van der Waals surface area (Å²) in [5.74, 6) is 1.17. The predicted molar refractivity (Wildman–Crippen MR) is 89.4 cm³/mol. The topological polar surface area (TPSA) is 57.7 Å². The van der Waals surface area contributed by atoms with E-state index in [1.807, 2.05) is 31.4 Å². The number of likely N-dealkylation sites (tertiary alicyclic amines) is 1. The number of ether oxygens (including phenoxy) is 1. The van der Waals surface area contributed by atoms with E-state index in [1.54, 1.807) is 7.11 Å². The first-order chi connectivity index (χ1) is 11.2. The van der Waals surface area contributed by atoms with E-state index in [0.29, 0.717) is 0 Å². The number of hydrogen-bond acceptors (Lipinski definition) is 5. The molecule has 1 aromatic rings. The molecule has 0 aromatic carbocycles. The van der Waals surface area contributed by atoms with Crippen molar-refractivity contribution in [1.29, 1.82) is 0 Å². The van der Waals surface area contributed by atoms with Gasteiger partial charge in [0.05, 0.1) is 12.1 Å². The number of carbonyl (C=O) groups excluding carboxylic acids is 1. The predicted octanol–water partition coefficient (Wildman–Crippen LogP) is 0.886. The molecule has 1 aromatic heterocycles. The number of carbonyl (C=O) groups is 1. The van der Waals surface area contributed by atoms with Crippen molar-refractivity contribution in [2.24, 2.45) is 0 Å². The molecule has 2 atom stereocenters. The Morgan fingerprint density at radius 3 is 2.74 bits per heavy atom. The van der Waals surface area contributed by atoms with Crippen LogP contribution in [-0.4, -0.2) is 67.8 Å². The third kappa shape index (κ3) is 3.82. The summed E-state index contributed by atoms with van der Waals surface area (Å²) in [4.78, 5) is 21.3. The number of hydrogen-bond donors (Lipinski definition) is 1. The van der Waals surface area contributed by atoms with Gasteiger partial charge in [-0.05, 0) is 38.4 Å². The molecule has 0 radical (unpaired) electrons. The van der Waals surface area contributed by atoms with Crippen LogP contribution in [0.15, 0.2) is 24.4 Å². The monoisotopic (exact) mass is 318 g/mol. The Hall–Kier alpha value is -1.66. The summed E-state index contributed by atoms with van der Waals surface area (Å²) < 4.78 is 5.38. The Labute approximate surface area is 137 Å². The van der Waals surface area contributed by atoms with Gasteiger partial charge in [0.25, 0.3) is 0 Å². The maximum atomic E-state index is 12.5. The summed E-state index contributed by atoms with van der Waals surface area (Å²) in [7, 11) is 3.71. The average Bonchev–Trinajstić information content (AvgIpc) is 2.97. The zero-order valence-corrected chi connectivity index (χ0v) is 13.9. The summed E-state index contributed by atoms with van der Waals surface area (Å²) in [5, 5.41) is 3.22. The van der Waals surface area contributed by atoms with Crippen molar-refractivity contribution in [2.75, 3.05) is 38.7 Å². The minimum absolute atomic E-state index is 0.0613. The number of anilines is 1. The van der Waals surface area contributed by atoms with Crippen LogP contribution < -0.4 is 10.2 Å². The highest BCUT2D eigenvalue weighted by Gasteiger charge is 2.35. The highest BCUT2D eigenvalue weighted by Crippen LogP contribution is 2.20. The summed E-state index contributed by atoms with van der Waals surface area (Å²) in [5.41, 5.74) is 0. The zero-order valence-electron chi connectivity index (χ0n) is 13.9. The van der Waals surface area contributed by atoms with Gasteiger partial charge in [-0.15, -0.1) is 0 Å². The molecular formula is C17H26N4O2. The number of piperidine rings is 1. The molecule has 6 heteroatoms. The van der Waals surface area contributed by atoms with Crippen molar-refractivity contribution in [3.8, 4) is 0 Å². The molecule has 1 amide bonds. The SMILES string of the molecule is CO[C@H]1C[C@@H](C(=O)NC2CCN(c3ccccn3)CC2)N(C)C1. The third-order valence-corrected chi connectivity index (χ3v) is 4.96. The number of amides is 1. The van der Waals surface area contributed by atoms with Crippen molar-refractivity contribution in [3.63, 3.8) is 0 Å². The van der Waals surface area contributed by atoms with Crippen molar-refractivity contribution in [1.82, 2.24) is 15.2 Å². The Kier molecular flexibility index (Phi) is 5.13. The highest BCUT2D eigenvalue weighted by molar-refractivity contribution is 5.82. The number of likely N-dealkylation sites (N-methyl/N-ethyl adjacent to an activating group) is 1. The highest BCUT2D eigenvalue weighted by atomic mass is 16.5. The molecule has 0 aliphatic carbocycles. The second-order valence-electron chi connectivity index (χ2n) is 6.51. The van der Waals surface area contributed by atoms with Gasteiger partial charge < -0.3 is 15.0 Å². The smallest absolute Gasteiger partial charge is 0.237 e. The normalized spacial score (nSPS) is 26.4. The standard InChI is InChI=1S/C17H26N4O2/c1-20-12-14(23-2)11-15(20)17(22)19-13-6-9-21(10-7-13)16-5-3-4-8-18-16/h3-5,8,13-15H,6-7,9-12H2,1-2H3,(H,19,22)/t14-,15-/m0/s1. The lowest BCUT2D eigenvalue weighted by Crippen LogP contribution is -2.49. The average molecular weight is 318 g/mol. The van der Waals surface area contributed by atoms with Crippen LogP contribution in [0.2, 0.25) is 0 Å². The van der Waals surface area contributed by atoms with Gasteiger partial charge in [0, 0.05) is 39.0 Å². The summed E-state index contributed by atoms with van der Waals surface area (Å²) in [6, 6.07) is 6.18.